The van der Waals surface area contributed by atoms with E-state index in [-0.39, 0.29) is 11.9 Å². The highest BCUT2D eigenvalue weighted by Gasteiger charge is 2.27. The van der Waals surface area contributed by atoms with Crippen molar-refractivity contribution >= 4 is 0 Å². The first-order chi connectivity index (χ1) is 9.79. The van der Waals surface area contributed by atoms with E-state index in [4.69, 9.17) is 0 Å². The zero-order chi connectivity index (χ0) is 13.9. The Kier molecular flexibility index (Phi) is 3.83. The summed E-state index contributed by atoms with van der Waals surface area (Å²) < 4.78 is 13.5. The molecular weight excluding hydrogens is 249 g/mol. The summed E-state index contributed by atoms with van der Waals surface area (Å²) in [6.45, 7) is 0. The lowest BCUT2D eigenvalue weighted by molar-refractivity contribution is 0.423. The van der Waals surface area contributed by atoms with Gasteiger partial charge in [-0.25, -0.2) is 4.39 Å². The predicted molar refractivity (Wildman–Crippen MR) is 80.3 cm³/mol. The maximum atomic E-state index is 13.5. The van der Waals surface area contributed by atoms with Crippen molar-refractivity contribution in [3.05, 3.63) is 71.0 Å². The highest BCUT2D eigenvalue weighted by Crippen LogP contribution is 2.40. The van der Waals surface area contributed by atoms with Crippen LogP contribution in [0.25, 0.3) is 0 Å². The van der Waals surface area contributed by atoms with Gasteiger partial charge in [-0.3, -0.25) is 0 Å². The molecule has 0 heterocycles. The van der Waals surface area contributed by atoms with E-state index in [0.29, 0.717) is 5.92 Å². The van der Waals surface area contributed by atoms with E-state index in [0.717, 1.165) is 18.4 Å². The van der Waals surface area contributed by atoms with Gasteiger partial charge in [0.2, 0.25) is 0 Å². The highest BCUT2D eigenvalue weighted by atomic mass is 19.1. The number of nitrogens with one attached hydrogen (secondary N) is 1. The minimum atomic E-state index is -0.160. The molecule has 0 aliphatic heterocycles. The Balaban J connectivity index is 1.99. The minimum absolute atomic E-state index is 0.160. The van der Waals surface area contributed by atoms with Crippen LogP contribution in [0.4, 0.5) is 4.39 Å². The molecule has 0 fully saturated rings. The molecule has 0 spiro atoms. The molecule has 0 amide bonds. The number of rotatable bonds is 3. The molecule has 2 atom stereocenters. The van der Waals surface area contributed by atoms with Crippen LogP contribution in [0.1, 0.15) is 41.5 Å². The third-order valence-electron chi connectivity index (χ3n) is 4.34. The van der Waals surface area contributed by atoms with Crippen LogP contribution >= 0.6 is 0 Å². The lowest BCUT2D eigenvalue weighted by atomic mass is 9.77. The molecule has 1 N–H and O–H groups in total. The van der Waals surface area contributed by atoms with Gasteiger partial charge in [0.1, 0.15) is 5.82 Å². The second-order valence-corrected chi connectivity index (χ2v) is 5.52. The molecule has 0 aromatic heterocycles. The normalized spacial score (nSPS) is 19.4. The number of benzene rings is 2. The molecule has 2 aromatic carbocycles. The fourth-order valence-corrected chi connectivity index (χ4v) is 3.44. The third kappa shape index (κ3) is 2.48. The Bertz CT molecular complexity index is 593. The van der Waals surface area contributed by atoms with E-state index in [9.17, 15) is 4.39 Å². The van der Waals surface area contributed by atoms with E-state index >= 15 is 0 Å². The van der Waals surface area contributed by atoms with Crippen LogP contribution in [0.5, 0.6) is 0 Å². The number of hydrogen-bond donors (Lipinski definition) is 1. The van der Waals surface area contributed by atoms with Crippen molar-refractivity contribution in [2.45, 2.75) is 31.2 Å². The molecule has 0 radical (unpaired) electrons. The van der Waals surface area contributed by atoms with Crippen LogP contribution in [0.2, 0.25) is 0 Å². The topological polar surface area (TPSA) is 12.0 Å². The van der Waals surface area contributed by atoms with Gasteiger partial charge < -0.3 is 5.32 Å². The van der Waals surface area contributed by atoms with Crippen molar-refractivity contribution < 1.29 is 4.39 Å². The van der Waals surface area contributed by atoms with Crippen molar-refractivity contribution in [1.82, 2.24) is 5.32 Å². The van der Waals surface area contributed by atoms with Gasteiger partial charge in [0.05, 0.1) is 0 Å². The van der Waals surface area contributed by atoms with Gasteiger partial charge in [-0.15, -0.1) is 0 Å². The van der Waals surface area contributed by atoms with Crippen LogP contribution in [0.3, 0.4) is 0 Å². The Morgan fingerprint density at radius 2 is 2.00 bits per heavy atom. The summed E-state index contributed by atoms with van der Waals surface area (Å²) in [6, 6.07) is 15.8. The van der Waals surface area contributed by atoms with Crippen molar-refractivity contribution in [2.24, 2.45) is 0 Å². The largest absolute Gasteiger partial charge is 0.312 e. The van der Waals surface area contributed by atoms with Gasteiger partial charge in [-0.2, -0.15) is 0 Å². The van der Waals surface area contributed by atoms with Crippen LogP contribution in [0.15, 0.2) is 48.5 Å². The van der Waals surface area contributed by atoms with Gasteiger partial charge >= 0.3 is 0 Å². The molecular formula is C18H20FN. The number of hydrogen-bond acceptors (Lipinski definition) is 1. The monoisotopic (exact) mass is 269 g/mol. The molecule has 104 valence electrons. The van der Waals surface area contributed by atoms with Gasteiger partial charge in [0.15, 0.2) is 0 Å². The van der Waals surface area contributed by atoms with Crippen LogP contribution in [-0.2, 0) is 6.42 Å². The standard InChI is InChI=1S/C18H20FN/c1-20-18(14-8-4-9-15(19)12-14)17-11-5-7-13-6-2-3-10-16(13)17/h2-4,6,8-10,12,17-18,20H,5,7,11H2,1H3. The average molecular weight is 269 g/mol. The average Bonchev–Trinajstić information content (AvgIpc) is 2.48. The summed E-state index contributed by atoms with van der Waals surface area (Å²) in [5.74, 6) is 0.263. The summed E-state index contributed by atoms with van der Waals surface area (Å²) >= 11 is 0. The number of halogens is 1. The number of likely N-dealkylation sites (N-methyl/N-ethyl adjacent to an activating group) is 1. The second kappa shape index (κ2) is 5.76. The summed E-state index contributed by atoms with van der Waals surface area (Å²) in [6.07, 6.45) is 3.51. The molecule has 1 nitrogen and oxygen atoms in total. The maximum absolute atomic E-state index is 13.5. The predicted octanol–water partition coefficient (Wildman–Crippen LogP) is 4.21. The highest BCUT2D eigenvalue weighted by molar-refractivity contribution is 5.36. The first-order valence-corrected chi connectivity index (χ1v) is 7.30. The Morgan fingerprint density at radius 1 is 1.15 bits per heavy atom. The van der Waals surface area contributed by atoms with Gasteiger partial charge in [0.25, 0.3) is 0 Å². The first-order valence-electron chi connectivity index (χ1n) is 7.30. The van der Waals surface area contributed by atoms with Crippen LogP contribution in [0, 0.1) is 5.82 Å². The van der Waals surface area contributed by atoms with E-state index < -0.39 is 0 Å². The van der Waals surface area contributed by atoms with Crippen molar-refractivity contribution in [3.63, 3.8) is 0 Å². The fraction of sp³-hybridized carbons (Fsp3) is 0.333. The second-order valence-electron chi connectivity index (χ2n) is 5.52. The number of fused-ring (bicyclic) bond motifs is 1. The quantitative estimate of drug-likeness (QED) is 0.880. The van der Waals surface area contributed by atoms with Crippen LogP contribution < -0.4 is 5.32 Å². The molecule has 0 saturated carbocycles. The molecule has 3 rings (SSSR count). The minimum Gasteiger partial charge on any atom is -0.312 e. The molecule has 0 bridgehead atoms. The summed E-state index contributed by atoms with van der Waals surface area (Å²) in [4.78, 5) is 0. The maximum Gasteiger partial charge on any atom is 0.123 e. The SMILES string of the molecule is CNC(c1cccc(F)c1)C1CCCc2ccccc21. The third-order valence-corrected chi connectivity index (χ3v) is 4.34. The Labute approximate surface area is 119 Å². The van der Waals surface area contributed by atoms with E-state index in [1.54, 1.807) is 12.1 Å². The Hall–Kier alpha value is -1.67. The first kappa shape index (κ1) is 13.3. The number of aryl methyl sites for hydroxylation is 1. The molecule has 1 aliphatic rings. The molecule has 1 aliphatic carbocycles. The van der Waals surface area contributed by atoms with Gasteiger partial charge in [-0.05, 0) is 55.1 Å². The van der Waals surface area contributed by atoms with Gasteiger partial charge in [-0.1, -0.05) is 36.4 Å². The fourth-order valence-electron chi connectivity index (χ4n) is 3.44. The summed E-state index contributed by atoms with van der Waals surface area (Å²) in [5, 5.41) is 3.39. The molecule has 20 heavy (non-hydrogen) atoms. The van der Waals surface area contributed by atoms with Crippen LogP contribution in [-0.4, -0.2) is 7.05 Å². The molecule has 2 heteroatoms. The smallest absolute Gasteiger partial charge is 0.123 e. The zero-order valence-electron chi connectivity index (χ0n) is 11.8. The lowest BCUT2D eigenvalue weighted by Crippen LogP contribution is -2.26. The molecule has 0 saturated heterocycles. The Morgan fingerprint density at radius 3 is 2.80 bits per heavy atom. The summed E-state index contributed by atoms with van der Waals surface area (Å²) in [5.41, 5.74) is 3.90. The van der Waals surface area contributed by atoms with E-state index in [1.165, 1.54) is 23.6 Å². The lowest BCUT2D eigenvalue weighted by Gasteiger charge is -2.32. The zero-order valence-corrected chi connectivity index (χ0v) is 11.8. The summed E-state index contributed by atoms with van der Waals surface area (Å²) in [7, 11) is 1.97. The van der Waals surface area contributed by atoms with Crippen molar-refractivity contribution in [2.75, 3.05) is 7.05 Å². The van der Waals surface area contributed by atoms with Crippen molar-refractivity contribution in [3.8, 4) is 0 Å². The molecule has 2 aromatic rings. The van der Waals surface area contributed by atoms with Crippen molar-refractivity contribution in [1.29, 1.82) is 0 Å². The van der Waals surface area contributed by atoms with E-state index in [1.807, 2.05) is 13.1 Å². The van der Waals surface area contributed by atoms with E-state index in [2.05, 4.69) is 29.6 Å². The molecule has 2 unspecified atom stereocenters. The van der Waals surface area contributed by atoms with Gasteiger partial charge in [0, 0.05) is 12.0 Å².